The Hall–Kier alpha value is -3.04. The molecule has 7 heteroatoms. The van der Waals surface area contributed by atoms with Crippen LogP contribution in [0.15, 0.2) is 36.4 Å². The second kappa shape index (κ2) is 6.81. The smallest absolute Gasteiger partial charge is 0.315 e. The fourth-order valence-electron chi connectivity index (χ4n) is 1.95. The lowest BCUT2D eigenvalue weighted by Crippen LogP contribution is -1.93. The molecule has 0 aromatic heterocycles. The summed E-state index contributed by atoms with van der Waals surface area (Å²) in [6, 6.07) is 11.0. The zero-order chi connectivity index (χ0) is 17.0. The molecule has 0 fully saturated rings. The van der Waals surface area contributed by atoms with E-state index in [1.54, 1.807) is 24.3 Å². The van der Waals surface area contributed by atoms with Gasteiger partial charge in [0.15, 0.2) is 0 Å². The van der Waals surface area contributed by atoms with Gasteiger partial charge in [0.1, 0.15) is 5.75 Å². The van der Waals surface area contributed by atoms with Crippen LogP contribution in [0.1, 0.15) is 11.1 Å². The zero-order valence-electron chi connectivity index (χ0n) is 12.0. The quantitative estimate of drug-likeness (QED) is 0.395. The highest BCUT2D eigenvalue weighted by Crippen LogP contribution is 2.36. The number of phenols is 1. The number of benzene rings is 2. The Kier molecular flexibility index (Phi) is 4.84. The van der Waals surface area contributed by atoms with Crippen LogP contribution >= 0.6 is 11.6 Å². The topological polar surface area (TPSA) is 96.4 Å². The van der Waals surface area contributed by atoms with Crippen LogP contribution in [0, 0.1) is 21.4 Å². The maximum atomic E-state index is 11.0. The number of nitro groups is 1. The zero-order valence-corrected chi connectivity index (χ0v) is 12.7. The number of hydrogen-bond donors (Lipinski definition) is 1. The van der Waals surface area contributed by atoms with Crippen LogP contribution in [0.2, 0.25) is 5.02 Å². The standard InChI is InChI=1S/C16H11ClN2O4/c1-23-14-7-11(16(20)15(8-14)19(21)22)6-12(9-18)10-2-4-13(17)5-3-10/h2-8,20H,1H3/b12-6-. The van der Waals surface area contributed by atoms with Gasteiger partial charge < -0.3 is 9.84 Å². The molecular formula is C16H11ClN2O4. The molecule has 0 bridgehead atoms. The van der Waals surface area contributed by atoms with Gasteiger partial charge in [-0.05, 0) is 29.8 Å². The van der Waals surface area contributed by atoms with Crippen molar-refractivity contribution in [2.24, 2.45) is 0 Å². The van der Waals surface area contributed by atoms with Gasteiger partial charge in [-0.3, -0.25) is 10.1 Å². The Labute approximate surface area is 137 Å². The molecule has 0 aliphatic carbocycles. The van der Waals surface area contributed by atoms with Gasteiger partial charge in [0, 0.05) is 10.6 Å². The van der Waals surface area contributed by atoms with Crippen molar-refractivity contribution in [3.63, 3.8) is 0 Å². The molecule has 0 atom stereocenters. The molecule has 0 aliphatic rings. The predicted octanol–water partition coefficient (Wildman–Crippen LogP) is 4.03. The lowest BCUT2D eigenvalue weighted by molar-refractivity contribution is -0.385. The van der Waals surface area contributed by atoms with Crippen LogP contribution in [0.4, 0.5) is 5.69 Å². The summed E-state index contributed by atoms with van der Waals surface area (Å²) in [6.07, 6.45) is 1.36. The van der Waals surface area contributed by atoms with E-state index < -0.39 is 16.4 Å². The van der Waals surface area contributed by atoms with E-state index in [0.717, 1.165) is 6.07 Å². The highest BCUT2D eigenvalue weighted by atomic mass is 35.5. The normalized spacial score (nSPS) is 10.9. The number of allylic oxidation sites excluding steroid dienone is 1. The number of rotatable bonds is 4. The second-order valence-corrected chi connectivity index (χ2v) is 4.95. The van der Waals surface area contributed by atoms with Crippen molar-refractivity contribution in [2.75, 3.05) is 7.11 Å². The lowest BCUT2D eigenvalue weighted by atomic mass is 10.0. The van der Waals surface area contributed by atoms with Crippen LogP contribution in [-0.4, -0.2) is 17.1 Å². The molecule has 0 saturated heterocycles. The number of nitrogens with zero attached hydrogens (tertiary/aromatic N) is 2. The molecule has 6 nitrogen and oxygen atoms in total. The van der Waals surface area contributed by atoms with Crippen LogP contribution in [0.3, 0.4) is 0 Å². The number of halogens is 1. The summed E-state index contributed by atoms with van der Waals surface area (Å²) in [4.78, 5) is 10.3. The predicted molar refractivity (Wildman–Crippen MR) is 86.2 cm³/mol. The largest absolute Gasteiger partial charge is 0.502 e. The summed E-state index contributed by atoms with van der Waals surface area (Å²) in [5.74, 6) is -0.327. The van der Waals surface area contributed by atoms with Gasteiger partial charge in [0.25, 0.3) is 0 Å². The van der Waals surface area contributed by atoms with Crippen LogP contribution in [0.25, 0.3) is 11.6 Å². The average molecular weight is 331 g/mol. The minimum absolute atomic E-state index is 0.113. The number of hydrogen-bond acceptors (Lipinski definition) is 5. The number of aromatic hydroxyl groups is 1. The highest BCUT2D eigenvalue weighted by Gasteiger charge is 2.19. The molecule has 0 spiro atoms. The summed E-state index contributed by atoms with van der Waals surface area (Å²) in [6.45, 7) is 0. The van der Waals surface area contributed by atoms with Crippen molar-refractivity contribution in [2.45, 2.75) is 0 Å². The van der Waals surface area contributed by atoms with Crippen LogP contribution in [0.5, 0.6) is 11.5 Å². The van der Waals surface area contributed by atoms with Crippen molar-refractivity contribution in [3.05, 3.63) is 62.7 Å². The lowest BCUT2D eigenvalue weighted by Gasteiger charge is -2.06. The molecule has 0 radical (unpaired) electrons. The molecule has 0 saturated carbocycles. The summed E-state index contributed by atoms with van der Waals surface area (Å²) >= 11 is 5.81. The van der Waals surface area contributed by atoms with E-state index in [1.807, 2.05) is 6.07 Å². The number of phenolic OH excluding ortho intramolecular Hbond substituents is 1. The third kappa shape index (κ3) is 3.59. The maximum absolute atomic E-state index is 11.0. The van der Waals surface area contributed by atoms with Gasteiger partial charge in [-0.25, -0.2) is 0 Å². The van der Waals surface area contributed by atoms with E-state index in [-0.39, 0.29) is 16.9 Å². The monoisotopic (exact) mass is 330 g/mol. The van der Waals surface area contributed by atoms with Gasteiger partial charge >= 0.3 is 5.69 Å². The van der Waals surface area contributed by atoms with Gasteiger partial charge in [-0.15, -0.1) is 0 Å². The number of nitro benzene ring substituents is 1. The van der Waals surface area contributed by atoms with Gasteiger partial charge in [-0.2, -0.15) is 5.26 Å². The minimum Gasteiger partial charge on any atom is -0.502 e. The molecule has 116 valence electrons. The molecule has 0 unspecified atom stereocenters. The SMILES string of the molecule is COc1cc(/C=C(/C#N)c2ccc(Cl)cc2)c(O)c([N+](=O)[O-])c1. The van der Waals surface area contributed by atoms with E-state index in [2.05, 4.69) is 0 Å². The first-order valence-corrected chi connectivity index (χ1v) is 6.77. The Balaban J connectivity index is 2.60. The first-order chi connectivity index (χ1) is 11.0. The van der Waals surface area contributed by atoms with E-state index in [4.69, 9.17) is 16.3 Å². The fraction of sp³-hybridized carbons (Fsp3) is 0.0625. The van der Waals surface area contributed by atoms with Gasteiger partial charge in [0.2, 0.25) is 5.75 Å². The van der Waals surface area contributed by atoms with E-state index in [9.17, 15) is 20.5 Å². The molecular weight excluding hydrogens is 320 g/mol. The van der Waals surface area contributed by atoms with Crippen molar-refractivity contribution < 1.29 is 14.8 Å². The summed E-state index contributed by atoms with van der Waals surface area (Å²) in [5.41, 5.74) is 0.410. The van der Waals surface area contributed by atoms with Crippen molar-refractivity contribution in [1.29, 1.82) is 5.26 Å². The Bertz CT molecular complexity index is 823. The molecule has 0 amide bonds. The van der Waals surface area contributed by atoms with Gasteiger partial charge in [-0.1, -0.05) is 23.7 Å². The third-order valence-corrected chi connectivity index (χ3v) is 3.35. The summed E-state index contributed by atoms with van der Waals surface area (Å²) in [5, 5.41) is 30.9. The molecule has 2 rings (SSSR count). The van der Waals surface area contributed by atoms with E-state index >= 15 is 0 Å². The second-order valence-electron chi connectivity index (χ2n) is 4.52. The summed E-state index contributed by atoms with van der Waals surface area (Å²) in [7, 11) is 1.36. The van der Waals surface area contributed by atoms with Crippen LogP contribution in [-0.2, 0) is 0 Å². The van der Waals surface area contributed by atoms with E-state index in [0.29, 0.717) is 10.6 Å². The average Bonchev–Trinajstić information content (AvgIpc) is 2.54. The Morgan fingerprint density at radius 3 is 2.57 bits per heavy atom. The van der Waals surface area contributed by atoms with Gasteiger partial charge in [0.05, 0.1) is 29.7 Å². The molecule has 23 heavy (non-hydrogen) atoms. The third-order valence-electron chi connectivity index (χ3n) is 3.10. The number of methoxy groups -OCH3 is 1. The fourth-order valence-corrected chi connectivity index (χ4v) is 2.07. The molecule has 2 aromatic carbocycles. The summed E-state index contributed by atoms with van der Waals surface area (Å²) < 4.78 is 4.99. The van der Waals surface area contributed by atoms with Crippen molar-refractivity contribution >= 4 is 28.9 Å². The Morgan fingerprint density at radius 1 is 1.39 bits per heavy atom. The maximum Gasteiger partial charge on any atom is 0.315 e. The van der Waals surface area contributed by atoms with Crippen LogP contribution < -0.4 is 4.74 Å². The molecule has 2 aromatic rings. The number of ether oxygens (including phenoxy) is 1. The first kappa shape index (κ1) is 16.3. The van der Waals surface area contributed by atoms with E-state index in [1.165, 1.54) is 19.3 Å². The molecule has 0 aliphatic heterocycles. The Morgan fingerprint density at radius 2 is 2.04 bits per heavy atom. The van der Waals surface area contributed by atoms with Crippen molar-refractivity contribution in [3.8, 4) is 17.6 Å². The first-order valence-electron chi connectivity index (χ1n) is 6.39. The highest BCUT2D eigenvalue weighted by molar-refractivity contribution is 6.30. The van der Waals surface area contributed by atoms with Crippen molar-refractivity contribution in [1.82, 2.24) is 0 Å². The minimum atomic E-state index is -0.719. The molecule has 1 N–H and O–H groups in total. The molecule has 0 heterocycles. The number of nitriles is 1.